The lowest BCUT2D eigenvalue weighted by atomic mass is 10.2. The van der Waals surface area contributed by atoms with Crippen LogP contribution in [0.1, 0.15) is 12.5 Å². The van der Waals surface area contributed by atoms with Gasteiger partial charge in [0.2, 0.25) is 0 Å². The van der Waals surface area contributed by atoms with Crippen molar-refractivity contribution in [3.63, 3.8) is 0 Å². The van der Waals surface area contributed by atoms with E-state index < -0.39 is 5.97 Å². The SMILES string of the molecule is CCOC(=O)/C=C(\CBr)Oc1cccc(C#N)c1. The molecule has 0 radical (unpaired) electrons. The summed E-state index contributed by atoms with van der Waals surface area (Å²) in [6.07, 6.45) is 1.28. The predicted octanol–water partition coefficient (Wildman–Crippen LogP) is 2.78. The van der Waals surface area contributed by atoms with Crippen molar-refractivity contribution in [2.45, 2.75) is 6.92 Å². The fourth-order valence-electron chi connectivity index (χ4n) is 1.19. The zero-order chi connectivity index (χ0) is 13.4. The molecule has 5 heteroatoms. The minimum atomic E-state index is -0.455. The molecule has 0 N–H and O–H groups in total. The third-order valence-corrected chi connectivity index (χ3v) is 2.46. The van der Waals surface area contributed by atoms with Gasteiger partial charge < -0.3 is 9.47 Å². The third-order valence-electron chi connectivity index (χ3n) is 1.91. The van der Waals surface area contributed by atoms with E-state index in [2.05, 4.69) is 15.9 Å². The van der Waals surface area contributed by atoms with E-state index in [4.69, 9.17) is 14.7 Å². The summed E-state index contributed by atoms with van der Waals surface area (Å²) in [6.45, 7) is 2.05. The Morgan fingerprint density at radius 3 is 2.94 bits per heavy atom. The summed E-state index contributed by atoms with van der Waals surface area (Å²) in [5, 5.41) is 9.14. The van der Waals surface area contributed by atoms with Crippen molar-refractivity contribution in [2.24, 2.45) is 0 Å². The maximum absolute atomic E-state index is 11.3. The average Bonchev–Trinajstić information content (AvgIpc) is 2.38. The Morgan fingerprint density at radius 2 is 2.33 bits per heavy atom. The molecule has 0 unspecified atom stereocenters. The third kappa shape index (κ3) is 4.60. The highest BCUT2D eigenvalue weighted by atomic mass is 79.9. The summed E-state index contributed by atoms with van der Waals surface area (Å²) in [6, 6.07) is 8.72. The van der Waals surface area contributed by atoms with Gasteiger partial charge in [0.1, 0.15) is 11.5 Å². The Bertz CT molecular complexity index is 491. The number of carbonyl (C=O) groups excluding carboxylic acids is 1. The molecule has 0 bridgehead atoms. The van der Waals surface area contributed by atoms with Crippen LogP contribution < -0.4 is 4.74 Å². The molecule has 0 aliphatic carbocycles. The van der Waals surface area contributed by atoms with Gasteiger partial charge in [0.05, 0.1) is 29.6 Å². The fourth-order valence-corrected chi connectivity index (χ4v) is 1.47. The van der Waals surface area contributed by atoms with Crippen molar-refractivity contribution in [3.8, 4) is 11.8 Å². The van der Waals surface area contributed by atoms with Crippen molar-refractivity contribution >= 4 is 21.9 Å². The first-order valence-electron chi connectivity index (χ1n) is 5.31. The van der Waals surface area contributed by atoms with Crippen molar-refractivity contribution in [2.75, 3.05) is 11.9 Å². The molecule has 1 aromatic rings. The summed E-state index contributed by atoms with van der Waals surface area (Å²) in [5.41, 5.74) is 0.498. The molecule has 1 aromatic carbocycles. The Morgan fingerprint density at radius 1 is 1.56 bits per heavy atom. The number of esters is 1. The van der Waals surface area contributed by atoms with Crippen LogP contribution >= 0.6 is 15.9 Å². The first-order chi connectivity index (χ1) is 8.69. The molecule has 0 spiro atoms. The van der Waals surface area contributed by atoms with Crippen LogP contribution in [0.4, 0.5) is 0 Å². The van der Waals surface area contributed by atoms with E-state index in [0.717, 1.165) is 0 Å². The predicted molar refractivity (Wildman–Crippen MR) is 70.3 cm³/mol. The summed E-state index contributed by atoms with van der Waals surface area (Å²) in [4.78, 5) is 11.3. The Hall–Kier alpha value is -1.80. The molecule has 0 saturated carbocycles. The highest BCUT2D eigenvalue weighted by Crippen LogP contribution is 2.16. The number of ether oxygens (including phenoxy) is 2. The minimum Gasteiger partial charge on any atom is -0.463 e. The molecule has 0 aliphatic heterocycles. The van der Waals surface area contributed by atoms with E-state index in [9.17, 15) is 4.79 Å². The lowest BCUT2D eigenvalue weighted by Gasteiger charge is -2.07. The van der Waals surface area contributed by atoms with Crippen LogP contribution in [0, 0.1) is 11.3 Å². The molecule has 0 amide bonds. The highest BCUT2D eigenvalue weighted by molar-refractivity contribution is 9.09. The molecule has 4 nitrogen and oxygen atoms in total. The second-order valence-electron chi connectivity index (χ2n) is 3.24. The Labute approximate surface area is 114 Å². The largest absolute Gasteiger partial charge is 0.463 e. The number of allylic oxidation sites excluding steroid dienone is 1. The Kier molecular flexibility index (Phi) is 5.95. The van der Waals surface area contributed by atoms with Crippen molar-refractivity contribution in [1.29, 1.82) is 5.26 Å². The van der Waals surface area contributed by atoms with Crippen LogP contribution in [-0.4, -0.2) is 17.9 Å². The van der Waals surface area contributed by atoms with Gasteiger partial charge in [-0.1, -0.05) is 22.0 Å². The molecule has 0 aliphatic rings. The first kappa shape index (κ1) is 14.3. The lowest BCUT2D eigenvalue weighted by molar-refractivity contribution is -0.137. The summed E-state index contributed by atoms with van der Waals surface area (Å²) in [5.74, 6) is 0.468. The van der Waals surface area contributed by atoms with Crippen molar-refractivity contribution in [3.05, 3.63) is 41.7 Å². The Balaban J connectivity index is 2.79. The van der Waals surface area contributed by atoms with Gasteiger partial charge in [0.15, 0.2) is 0 Å². The summed E-state index contributed by atoms with van der Waals surface area (Å²) < 4.78 is 10.3. The van der Waals surface area contributed by atoms with Crippen LogP contribution in [0.3, 0.4) is 0 Å². The number of hydrogen-bond donors (Lipinski definition) is 0. The second-order valence-corrected chi connectivity index (χ2v) is 3.80. The maximum Gasteiger partial charge on any atom is 0.334 e. The molecular formula is C13H12BrNO3. The highest BCUT2D eigenvalue weighted by Gasteiger charge is 2.05. The van der Waals surface area contributed by atoms with Crippen LogP contribution in [0.2, 0.25) is 0 Å². The molecule has 18 heavy (non-hydrogen) atoms. The quantitative estimate of drug-likeness (QED) is 0.363. The van der Waals surface area contributed by atoms with Gasteiger partial charge in [-0.25, -0.2) is 4.79 Å². The van der Waals surface area contributed by atoms with Gasteiger partial charge in [-0.05, 0) is 25.1 Å². The van der Waals surface area contributed by atoms with Gasteiger partial charge in [0, 0.05) is 0 Å². The van der Waals surface area contributed by atoms with Gasteiger partial charge in [-0.3, -0.25) is 0 Å². The molecule has 0 aromatic heterocycles. The molecular weight excluding hydrogens is 298 g/mol. The van der Waals surface area contributed by atoms with E-state index >= 15 is 0 Å². The molecule has 1 rings (SSSR count). The van der Waals surface area contributed by atoms with E-state index in [0.29, 0.717) is 29.0 Å². The van der Waals surface area contributed by atoms with Crippen molar-refractivity contribution < 1.29 is 14.3 Å². The van der Waals surface area contributed by atoms with Gasteiger partial charge in [-0.15, -0.1) is 0 Å². The van der Waals surface area contributed by atoms with E-state index in [1.54, 1.807) is 31.2 Å². The smallest absolute Gasteiger partial charge is 0.334 e. The number of carbonyl (C=O) groups is 1. The first-order valence-corrected chi connectivity index (χ1v) is 6.43. The average molecular weight is 310 g/mol. The number of alkyl halides is 1. The summed E-state index contributed by atoms with van der Waals surface area (Å²) in [7, 11) is 0. The van der Waals surface area contributed by atoms with Crippen molar-refractivity contribution in [1.82, 2.24) is 0 Å². The molecule has 0 saturated heterocycles. The maximum atomic E-state index is 11.3. The number of nitrogens with zero attached hydrogens (tertiary/aromatic N) is 1. The van der Waals surface area contributed by atoms with Gasteiger partial charge in [0.25, 0.3) is 0 Å². The molecule has 0 heterocycles. The normalized spacial score (nSPS) is 10.6. The monoisotopic (exact) mass is 309 g/mol. The van der Waals surface area contributed by atoms with Crippen LogP contribution in [-0.2, 0) is 9.53 Å². The summed E-state index contributed by atoms with van der Waals surface area (Å²) >= 11 is 3.22. The fraction of sp³-hybridized carbons (Fsp3) is 0.231. The van der Waals surface area contributed by atoms with Gasteiger partial charge in [-0.2, -0.15) is 5.26 Å². The number of halogens is 1. The topological polar surface area (TPSA) is 59.3 Å². The van der Waals surface area contributed by atoms with E-state index in [1.807, 2.05) is 6.07 Å². The van der Waals surface area contributed by atoms with E-state index in [1.165, 1.54) is 6.08 Å². The van der Waals surface area contributed by atoms with Crippen LogP contribution in [0.5, 0.6) is 5.75 Å². The lowest BCUT2D eigenvalue weighted by Crippen LogP contribution is -2.05. The second kappa shape index (κ2) is 7.51. The molecule has 94 valence electrons. The molecule has 0 atom stereocenters. The zero-order valence-corrected chi connectivity index (χ0v) is 11.4. The van der Waals surface area contributed by atoms with E-state index in [-0.39, 0.29) is 0 Å². The number of rotatable bonds is 5. The van der Waals surface area contributed by atoms with Crippen LogP contribution in [0.15, 0.2) is 36.1 Å². The zero-order valence-electron chi connectivity index (χ0n) is 9.85. The van der Waals surface area contributed by atoms with Gasteiger partial charge >= 0.3 is 5.97 Å². The standard InChI is InChI=1S/C13H12BrNO3/c1-2-17-13(16)7-12(8-14)18-11-5-3-4-10(6-11)9-15/h3-7H,2,8H2,1H3/b12-7+. The molecule has 0 fully saturated rings. The number of benzene rings is 1. The number of nitriles is 1. The minimum absolute atomic E-state index is 0.314. The van der Waals surface area contributed by atoms with Crippen LogP contribution in [0.25, 0.3) is 0 Å². The number of hydrogen-bond acceptors (Lipinski definition) is 4.